The van der Waals surface area contributed by atoms with Crippen LogP contribution in [0.5, 0.6) is 0 Å². The minimum atomic E-state index is 0.695. The van der Waals surface area contributed by atoms with Gasteiger partial charge in [-0.2, -0.15) is 0 Å². The van der Waals surface area contributed by atoms with Crippen LogP contribution in [0.2, 0.25) is 0 Å². The molecule has 1 fully saturated rings. The van der Waals surface area contributed by atoms with Crippen molar-refractivity contribution in [1.29, 1.82) is 0 Å². The van der Waals surface area contributed by atoms with Gasteiger partial charge in [-0.3, -0.25) is 0 Å². The minimum Gasteiger partial charge on any atom is -0.0880 e. The van der Waals surface area contributed by atoms with E-state index >= 15 is 0 Å². The van der Waals surface area contributed by atoms with Gasteiger partial charge in [-0.25, -0.2) is 0 Å². The molecule has 2 aliphatic carbocycles. The zero-order valence-corrected chi connectivity index (χ0v) is 7.31. The van der Waals surface area contributed by atoms with Gasteiger partial charge in [0.05, 0.1) is 0 Å². The van der Waals surface area contributed by atoms with Crippen molar-refractivity contribution in [2.75, 3.05) is 0 Å². The first-order chi connectivity index (χ1) is 5.41. The summed E-state index contributed by atoms with van der Waals surface area (Å²) in [5, 5.41) is 0. The molecule has 0 heteroatoms. The van der Waals surface area contributed by atoms with Crippen molar-refractivity contribution < 1.29 is 0 Å². The maximum absolute atomic E-state index is 2.52. The van der Waals surface area contributed by atoms with E-state index in [0.29, 0.717) is 5.41 Å². The van der Waals surface area contributed by atoms with Crippen molar-refractivity contribution >= 4 is 0 Å². The highest BCUT2D eigenvalue weighted by atomic mass is 14.4. The van der Waals surface area contributed by atoms with E-state index in [9.17, 15) is 0 Å². The Morgan fingerprint density at radius 3 is 2.36 bits per heavy atom. The third-order valence-electron chi connectivity index (χ3n) is 3.37. The van der Waals surface area contributed by atoms with E-state index < -0.39 is 0 Å². The van der Waals surface area contributed by atoms with Crippen LogP contribution in [0.25, 0.3) is 0 Å². The summed E-state index contributed by atoms with van der Waals surface area (Å²) >= 11 is 0. The molecule has 0 nitrogen and oxygen atoms in total. The van der Waals surface area contributed by atoms with Gasteiger partial charge in [-0.05, 0) is 37.5 Å². The summed E-state index contributed by atoms with van der Waals surface area (Å²) in [5.41, 5.74) is 0.695. The quantitative estimate of drug-likeness (QED) is 0.462. The Morgan fingerprint density at radius 1 is 0.818 bits per heavy atom. The molecule has 0 aliphatic heterocycles. The molecule has 11 heavy (non-hydrogen) atoms. The van der Waals surface area contributed by atoms with Gasteiger partial charge in [0.25, 0.3) is 0 Å². The van der Waals surface area contributed by atoms with Gasteiger partial charge in [0.2, 0.25) is 0 Å². The monoisotopic (exact) mass is 150 g/mol. The van der Waals surface area contributed by atoms with Crippen LogP contribution in [0.1, 0.15) is 51.4 Å². The Hall–Kier alpha value is -0.260. The molecule has 0 atom stereocenters. The van der Waals surface area contributed by atoms with Crippen LogP contribution in [0.3, 0.4) is 0 Å². The summed E-state index contributed by atoms with van der Waals surface area (Å²) in [7, 11) is 0. The third-order valence-corrected chi connectivity index (χ3v) is 3.37. The standard InChI is InChI=1S/C11H18/c1-2-4-7-11(8-5-3-1)9-6-10-11/h4,7H,1-3,5-6,8-10H2. The van der Waals surface area contributed by atoms with E-state index in [-0.39, 0.29) is 0 Å². The number of hydrogen-bond acceptors (Lipinski definition) is 0. The zero-order chi connectivity index (χ0) is 7.57. The maximum atomic E-state index is 2.52. The molecule has 0 aromatic carbocycles. The van der Waals surface area contributed by atoms with E-state index in [1.165, 1.54) is 51.4 Å². The SMILES string of the molecule is C1=CC2(CCCCC1)CCC2. The average molecular weight is 150 g/mol. The van der Waals surface area contributed by atoms with Gasteiger partial charge in [0.1, 0.15) is 0 Å². The summed E-state index contributed by atoms with van der Waals surface area (Å²) in [4.78, 5) is 0. The molecule has 0 saturated heterocycles. The van der Waals surface area contributed by atoms with Gasteiger partial charge in [0.15, 0.2) is 0 Å². The summed E-state index contributed by atoms with van der Waals surface area (Å²) in [6.45, 7) is 0. The second-order valence-electron chi connectivity index (χ2n) is 4.22. The summed E-state index contributed by atoms with van der Waals surface area (Å²) < 4.78 is 0. The van der Waals surface area contributed by atoms with Crippen LogP contribution >= 0.6 is 0 Å². The van der Waals surface area contributed by atoms with Crippen molar-refractivity contribution in [3.05, 3.63) is 12.2 Å². The number of rotatable bonds is 0. The Balaban J connectivity index is 2.00. The Labute approximate surface area is 69.7 Å². The topological polar surface area (TPSA) is 0 Å². The molecule has 0 aromatic rings. The highest BCUT2D eigenvalue weighted by Gasteiger charge is 2.33. The summed E-state index contributed by atoms with van der Waals surface area (Å²) in [5.74, 6) is 0. The van der Waals surface area contributed by atoms with E-state index in [1.54, 1.807) is 0 Å². The second kappa shape index (κ2) is 3.00. The van der Waals surface area contributed by atoms with E-state index in [1.807, 2.05) is 0 Å². The Kier molecular flexibility index (Phi) is 2.02. The predicted molar refractivity (Wildman–Crippen MR) is 48.5 cm³/mol. The Bertz CT molecular complexity index is 151. The lowest BCUT2D eigenvalue weighted by Gasteiger charge is -2.40. The lowest BCUT2D eigenvalue weighted by molar-refractivity contribution is 0.178. The van der Waals surface area contributed by atoms with Crippen LogP contribution in [-0.2, 0) is 0 Å². The predicted octanol–water partition coefficient (Wildman–Crippen LogP) is 3.68. The van der Waals surface area contributed by atoms with Crippen LogP contribution in [0.15, 0.2) is 12.2 Å². The lowest BCUT2D eigenvalue weighted by Crippen LogP contribution is -2.27. The lowest BCUT2D eigenvalue weighted by atomic mass is 9.65. The second-order valence-corrected chi connectivity index (χ2v) is 4.22. The molecule has 0 radical (unpaired) electrons. The van der Waals surface area contributed by atoms with Gasteiger partial charge in [-0.1, -0.05) is 31.4 Å². The fourth-order valence-electron chi connectivity index (χ4n) is 2.38. The van der Waals surface area contributed by atoms with Crippen LogP contribution in [0, 0.1) is 5.41 Å². The molecule has 62 valence electrons. The third kappa shape index (κ3) is 1.50. The molecule has 0 aromatic heterocycles. The molecular weight excluding hydrogens is 132 g/mol. The van der Waals surface area contributed by atoms with E-state index in [0.717, 1.165) is 0 Å². The first-order valence-electron chi connectivity index (χ1n) is 5.09. The fourth-order valence-corrected chi connectivity index (χ4v) is 2.38. The minimum absolute atomic E-state index is 0.695. The molecule has 2 aliphatic rings. The first kappa shape index (κ1) is 7.39. The molecule has 1 saturated carbocycles. The van der Waals surface area contributed by atoms with E-state index in [4.69, 9.17) is 0 Å². The molecule has 1 spiro atoms. The molecule has 2 rings (SSSR count). The van der Waals surface area contributed by atoms with Crippen molar-refractivity contribution in [2.24, 2.45) is 5.41 Å². The maximum Gasteiger partial charge on any atom is -0.0118 e. The zero-order valence-electron chi connectivity index (χ0n) is 7.31. The molecule has 0 N–H and O–H groups in total. The molecular formula is C11H18. The number of allylic oxidation sites excluding steroid dienone is 2. The highest BCUT2D eigenvalue weighted by molar-refractivity contribution is 5.05. The summed E-state index contributed by atoms with van der Waals surface area (Å²) in [6, 6.07) is 0. The fraction of sp³-hybridized carbons (Fsp3) is 0.818. The van der Waals surface area contributed by atoms with Crippen molar-refractivity contribution in [2.45, 2.75) is 51.4 Å². The number of hydrogen-bond donors (Lipinski definition) is 0. The molecule has 0 unspecified atom stereocenters. The molecule has 0 bridgehead atoms. The Morgan fingerprint density at radius 2 is 1.64 bits per heavy atom. The van der Waals surface area contributed by atoms with Crippen molar-refractivity contribution in [1.82, 2.24) is 0 Å². The van der Waals surface area contributed by atoms with Gasteiger partial charge in [-0.15, -0.1) is 0 Å². The van der Waals surface area contributed by atoms with Crippen molar-refractivity contribution in [3.8, 4) is 0 Å². The van der Waals surface area contributed by atoms with Crippen molar-refractivity contribution in [3.63, 3.8) is 0 Å². The smallest absolute Gasteiger partial charge is 0.0118 e. The average Bonchev–Trinajstić information content (AvgIpc) is 1.82. The van der Waals surface area contributed by atoms with Crippen LogP contribution in [0.4, 0.5) is 0 Å². The first-order valence-corrected chi connectivity index (χ1v) is 5.09. The van der Waals surface area contributed by atoms with Crippen LogP contribution < -0.4 is 0 Å². The normalized spacial score (nSPS) is 29.1. The molecule has 0 heterocycles. The largest absolute Gasteiger partial charge is 0.0880 e. The van der Waals surface area contributed by atoms with E-state index in [2.05, 4.69) is 12.2 Å². The van der Waals surface area contributed by atoms with Gasteiger partial charge in [0, 0.05) is 0 Å². The highest BCUT2D eigenvalue weighted by Crippen LogP contribution is 2.47. The van der Waals surface area contributed by atoms with Gasteiger partial charge >= 0.3 is 0 Å². The van der Waals surface area contributed by atoms with Gasteiger partial charge < -0.3 is 0 Å². The molecule has 0 amide bonds. The van der Waals surface area contributed by atoms with Crippen LogP contribution in [-0.4, -0.2) is 0 Å². The summed E-state index contributed by atoms with van der Waals surface area (Å²) in [6.07, 6.45) is 16.6.